The van der Waals surface area contributed by atoms with Crippen molar-refractivity contribution in [2.75, 3.05) is 14.2 Å². The molecule has 3 rings (SSSR count). The van der Waals surface area contributed by atoms with Crippen molar-refractivity contribution in [2.24, 2.45) is 5.41 Å². The highest BCUT2D eigenvalue weighted by molar-refractivity contribution is 5.94. The van der Waals surface area contributed by atoms with Crippen molar-refractivity contribution in [2.45, 2.75) is 70.4 Å². The van der Waals surface area contributed by atoms with E-state index >= 15 is 0 Å². The molecule has 0 radical (unpaired) electrons. The van der Waals surface area contributed by atoms with Gasteiger partial charge in [0.05, 0.1) is 19.6 Å². The fourth-order valence-electron chi connectivity index (χ4n) is 4.42. The summed E-state index contributed by atoms with van der Waals surface area (Å²) in [5.41, 5.74) is 0.259. The zero-order valence-corrected chi connectivity index (χ0v) is 17.6. The number of benzene rings is 1. The van der Waals surface area contributed by atoms with Crippen LogP contribution in [0.15, 0.2) is 18.2 Å². The minimum atomic E-state index is -0.625. The molecule has 1 saturated heterocycles. The maximum absolute atomic E-state index is 13.4. The van der Waals surface area contributed by atoms with Crippen LogP contribution in [-0.4, -0.2) is 38.1 Å². The molecule has 0 unspecified atom stereocenters. The lowest BCUT2D eigenvalue weighted by Gasteiger charge is -2.30. The van der Waals surface area contributed by atoms with Gasteiger partial charge in [-0.05, 0) is 42.4 Å². The van der Waals surface area contributed by atoms with E-state index < -0.39 is 11.5 Å². The molecule has 1 heterocycles. The van der Waals surface area contributed by atoms with Gasteiger partial charge >= 0.3 is 0 Å². The van der Waals surface area contributed by atoms with Gasteiger partial charge in [-0.1, -0.05) is 39.7 Å². The summed E-state index contributed by atoms with van der Waals surface area (Å²) in [6.07, 6.45) is 4.14. The molecule has 1 aromatic rings. The minimum absolute atomic E-state index is 0.0382. The molecule has 1 aliphatic heterocycles. The summed E-state index contributed by atoms with van der Waals surface area (Å²) in [6, 6.07) is 5.27. The molecular weight excluding hydrogens is 356 g/mol. The summed E-state index contributed by atoms with van der Waals surface area (Å²) in [6.45, 7) is 6.30. The lowest BCUT2D eigenvalue weighted by atomic mass is 9.77. The lowest BCUT2D eigenvalue weighted by Crippen LogP contribution is -2.49. The summed E-state index contributed by atoms with van der Waals surface area (Å²) in [5.74, 6) is 1.11. The molecule has 2 aliphatic rings. The third kappa shape index (κ3) is 3.69. The molecule has 1 aromatic carbocycles. The number of hydrogen-bond acceptors (Lipinski definition) is 4. The molecule has 2 atom stereocenters. The maximum atomic E-state index is 13.4. The maximum Gasteiger partial charge on any atom is 0.242 e. The van der Waals surface area contributed by atoms with Crippen LogP contribution in [0.1, 0.15) is 58.4 Å². The van der Waals surface area contributed by atoms with Crippen LogP contribution in [0.2, 0.25) is 0 Å². The van der Waals surface area contributed by atoms with E-state index in [1.807, 2.05) is 18.2 Å². The highest BCUT2D eigenvalue weighted by Crippen LogP contribution is 2.44. The number of nitrogens with one attached hydrogen (secondary N) is 2. The highest BCUT2D eigenvalue weighted by atomic mass is 16.5. The van der Waals surface area contributed by atoms with E-state index in [1.165, 1.54) is 0 Å². The van der Waals surface area contributed by atoms with Crippen LogP contribution < -0.4 is 20.1 Å². The normalized spacial score (nSPS) is 24.0. The van der Waals surface area contributed by atoms with Crippen LogP contribution in [0.25, 0.3) is 0 Å². The van der Waals surface area contributed by atoms with Crippen LogP contribution in [0.5, 0.6) is 11.5 Å². The van der Waals surface area contributed by atoms with Crippen molar-refractivity contribution >= 4 is 11.8 Å². The summed E-state index contributed by atoms with van der Waals surface area (Å²) < 4.78 is 10.8. The summed E-state index contributed by atoms with van der Waals surface area (Å²) in [5, 5.41) is 6.09. The molecular formula is C22H32N2O4. The number of methoxy groups -OCH3 is 2. The summed E-state index contributed by atoms with van der Waals surface area (Å²) in [7, 11) is 3.19. The summed E-state index contributed by atoms with van der Waals surface area (Å²) >= 11 is 0. The quantitative estimate of drug-likeness (QED) is 0.813. The van der Waals surface area contributed by atoms with Gasteiger partial charge in [-0.25, -0.2) is 0 Å². The zero-order valence-electron chi connectivity index (χ0n) is 17.6. The Bertz CT molecular complexity index is 747. The molecule has 154 valence electrons. The predicted octanol–water partition coefficient (Wildman–Crippen LogP) is 2.94. The molecule has 0 aromatic heterocycles. The van der Waals surface area contributed by atoms with Gasteiger partial charge in [0.2, 0.25) is 11.8 Å². The molecule has 6 nitrogen and oxygen atoms in total. The fourth-order valence-corrected chi connectivity index (χ4v) is 4.42. The molecule has 2 fully saturated rings. The molecule has 2 N–H and O–H groups in total. The van der Waals surface area contributed by atoms with E-state index in [2.05, 4.69) is 31.4 Å². The van der Waals surface area contributed by atoms with E-state index in [-0.39, 0.29) is 23.3 Å². The second-order valence-corrected chi connectivity index (χ2v) is 9.05. The molecule has 0 bridgehead atoms. The monoisotopic (exact) mass is 388 g/mol. The van der Waals surface area contributed by atoms with Crippen LogP contribution in [-0.2, 0) is 15.0 Å². The Morgan fingerprint density at radius 3 is 2.32 bits per heavy atom. The average Bonchev–Trinajstić information content (AvgIpc) is 3.29. The molecule has 2 amide bonds. The first-order valence-electron chi connectivity index (χ1n) is 10.0. The lowest BCUT2D eigenvalue weighted by molar-refractivity contribution is -0.131. The van der Waals surface area contributed by atoms with Crippen LogP contribution in [0, 0.1) is 5.41 Å². The van der Waals surface area contributed by atoms with Gasteiger partial charge < -0.3 is 20.1 Å². The van der Waals surface area contributed by atoms with Gasteiger partial charge in [0.1, 0.15) is 6.04 Å². The Kier molecular flexibility index (Phi) is 5.60. The van der Waals surface area contributed by atoms with Gasteiger partial charge in [0, 0.05) is 6.04 Å². The van der Waals surface area contributed by atoms with Crippen molar-refractivity contribution in [3.05, 3.63) is 23.8 Å². The van der Waals surface area contributed by atoms with Gasteiger partial charge in [-0.2, -0.15) is 0 Å². The van der Waals surface area contributed by atoms with Gasteiger partial charge in [-0.3, -0.25) is 9.59 Å². The number of amides is 2. The molecule has 1 aliphatic carbocycles. The van der Waals surface area contributed by atoms with Gasteiger partial charge in [0.15, 0.2) is 11.5 Å². The second-order valence-electron chi connectivity index (χ2n) is 9.05. The molecule has 1 saturated carbocycles. The third-order valence-electron chi connectivity index (χ3n) is 6.28. The first kappa shape index (κ1) is 20.5. The van der Waals surface area contributed by atoms with Crippen LogP contribution in [0.4, 0.5) is 0 Å². The first-order chi connectivity index (χ1) is 13.2. The highest BCUT2D eigenvalue weighted by Gasteiger charge is 2.46. The second kappa shape index (κ2) is 7.64. The van der Waals surface area contributed by atoms with Crippen LogP contribution >= 0.6 is 0 Å². The molecule has 0 spiro atoms. The van der Waals surface area contributed by atoms with Crippen molar-refractivity contribution in [1.29, 1.82) is 0 Å². The average molecular weight is 389 g/mol. The fraction of sp³-hybridized carbons (Fsp3) is 0.636. The van der Waals surface area contributed by atoms with Crippen molar-refractivity contribution < 1.29 is 19.1 Å². The van der Waals surface area contributed by atoms with E-state index in [9.17, 15) is 9.59 Å². The number of hydrogen-bond donors (Lipinski definition) is 2. The molecule has 28 heavy (non-hydrogen) atoms. The zero-order chi connectivity index (χ0) is 20.5. The van der Waals surface area contributed by atoms with Crippen LogP contribution in [0.3, 0.4) is 0 Å². The predicted molar refractivity (Wildman–Crippen MR) is 108 cm³/mol. The van der Waals surface area contributed by atoms with Gasteiger partial charge in [-0.15, -0.1) is 0 Å². The van der Waals surface area contributed by atoms with E-state index in [0.717, 1.165) is 31.2 Å². The number of rotatable bonds is 5. The summed E-state index contributed by atoms with van der Waals surface area (Å²) in [4.78, 5) is 25.9. The number of carbonyl (C=O) groups excluding carboxylic acids is 2. The number of carbonyl (C=O) groups is 2. The van der Waals surface area contributed by atoms with E-state index in [1.54, 1.807) is 14.2 Å². The van der Waals surface area contributed by atoms with Crippen molar-refractivity contribution in [3.8, 4) is 11.5 Å². The number of ether oxygens (including phenoxy) is 2. The SMILES string of the molecule is COc1ccc(C2(C(=O)N[C@@H]3C[C@H](C(C)(C)C)NC3=O)CCCC2)cc1OC. The Hall–Kier alpha value is -2.24. The minimum Gasteiger partial charge on any atom is -0.493 e. The molecule has 6 heteroatoms. The Labute approximate surface area is 167 Å². The van der Waals surface area contributed by atoms with E-state index in [4.69, 9.17) is 9.47 Å². The topological polar surface area (TPSA) is 76.7 Å². The van der Waals surface area contributed by atoms with Crippen molar-refractivity contribution in [3.63, 3.8) is 0 Å². The smallest absolute Gasteiger partial charge is 0.242 e. The Balaban J connectivity index is 1.84. The van der Waals surface area contributed by atoms with Crippen molar-refractivity contribution in [1.82, 2.24) is 10.6 Å². The first-order valence-corrected chi connectivity index (χ1v) is 10.0. The largest absolute Gasteiger partial charge is 0.493 e. The Morgan fingerprint density at radius 2 is 1.79 bits per heavy atom. The Morgan fingerprint density at radius 1 is 1.14 bits per heavy atom. The van der Waals surface area contributed by atoms with E-state index in [0.29, 0.717) is 17.9 Å². The third-order valence-corrected chi connectivity index (χ3v) is 6.28. The standard InChI is InChI=1S/C22H32N2O4/c1-21(2,3)18-13-15(19(25)24-18)23-20(26)22(10-6-7-11-22)14-8-9-16(27-4)17(12-14)28-5/h8-9,12,15,18H,6-7,10-11,13H2,1-5H3,(H,23,26)(H,24,25)/t15-,18-/m1/s1. The van der Waals surface area contributed by atoms with Gasteiger partial charge in [0.25, 0.3) is 0 Å².